The van der Waals surface area contributed by atoms with E-state index in [0.717, 1.165) is 23.6 Å². The first-order valence-corrected chi connectivity index (χ1v) is 5.76. The SMILES string of the molecule is Cc1cnc(NCC(C)C(C)(C)C)c(N)c1. The highest BCUT2D eigenvalue weighted by Crippen LogP contribution is 2.26. The molecule has 0 amide bonds. The van der Waals surface area contributed by atoms with Crippen LogP contribution in [0.3, 0.4) is 0 Å². The molecule has 0 aliphatic heterocycles. The van der Waals surface area contributed by atoms with Crippen LogP contribution in [0.5, 0.6) is 0 Å². The molecule has 3 heteroatoms. The number of anilines is 2. The molecule has 3 nitrogen and oxygen atoms in total. The molecular formula is C13H23N3. The van der Waals surface area contributed by atoms with E-state index in [0.29, 0.717) is 11.3 Å². The lowest BCUT2D eigenvalue weighted by atomic mass is 9.82. The van der Waals surface area contributed by atoms with E-state index in [1.54, 1.807) is 0 Å². The lowest BCUT2D eigenvalue weighted by Crippen LogP contribution is -2.25. The molecule has 0 spiro atoms. The third-order valence-corrected chi connectivity index (χ3v) is 3.11. The molecule has 0 aliphatic carbocycles. The van der Waals surface area contributed by atoms with Crippen LogP contribution < -0.4 is 11.1 Å². The zero-order chi connectivity index (χ0) is 12.3. The van der Waals surface area contributed by atoms with Crippen LogP contribution in [0.1, 0.15) is 33.3 Å². The summed E-state index contributed by atoms with van der Waals surface area (Å²) in [4.78, 5) is 4.30. The Hall–Kier alpha value is -1.25. The van der Waals surface area contributed by atoms with E-state index >= 15 is 0 Å². The highest BCUT2D eigenvalue weighted by atomic mass is 15.0. The van der Waals surface area contributed by atoms with Crippen molar-refractivity contribution in [3.05, 3.63) is 17.8 Å². The van der Waals surface area contributed by atoms with Crippen molar-refractivity contribution < 1.29 is 0 Å². The largest absolute Gasteiger partial charge is 0.396 e. The van der Waals surface area contributed by atoms with Gasteiger partial charge in [0.15, 0.2) is 0 Å². The fraction of sp³-hybridized carbons (Fsp3) is 0.615. The van der Waals surface area contributed by atoms with Crippen molar-refractivity contribution in [1.29, 1.82) is 0 Å². The van der Waals surface area contributed by atoms with Gasteiger partial charge in [0.2, 0.25) is 0 Å². The lowest BCUT2D eigenvalue weighted by Gasteiger charge is -2.27. The molecular weight excluding hydrogens is 198 g/mol. The zero-order valence-corrected chi connectivity index (χ0v) is 11.0. The van der Waals surface area contributed by atoms with Gasteiger partial charge in [0, 0.05) is 12.7 Å². The summed E-state index contributed by atoms with van der Waals surface area (Å²) in [5.74, 6) is 1.36. The molecule has 1 atom stereocenters. The van der Waals surface area contributed by atoms with E-state index in [1.165, 1.54) is 0 Å². The first-order chi connectivity index (χ1) is 7.30. The molecule has 0 aromatic carbocycles. The van der Waals surface area contributed by atoms with Crippen LogP contribution in [0.25, 0.3) is 0 Å². The van der Waals surface area contributed by atoms with E-state index in [4.69, 9.17) is 5.73 Å². The highest BCUT2D eigenvalue weighted by Gasteiger charge is 2.19. The second-order valence-electron chi connectivity index (χ2n) is 5.60. The number of hydrogen-bond acceptors (Lipinski definition) is 3. The van der Waals surface area contributed by atoms with Gasteiger partial charge in [-0.05, 0) is 29.9 Å². The summed E-state index contributed by atoms with van der Waals surface area (Å²) >= 11 is 0. The predicted molar refractivity (Wildman–Crippen MR) is 70.5 cm³/mol. The van der Waals surface area contributed by atoms with Gasteiger partial charge in [-0.25, -0.2) is 4.98 Å². The van der Waals surface area contributed by atoms with Gasteiger partial charge in [-0.3, -0.25) is 0 Å². The maximum Gasteiger partial charge on any atom is 0.149 e. The average Bonchev–Trinajstić information content (AvgIpc) is 2.14. The van der Waals surface area contributed by atoms with Gasteiger partial charge in [-0.2, -0.15) is 0 Å². The summed E-state index contributed by atoms with van der Waals surface area (Å²) in [6.07, 6.45) is 1.83. The van der Waals surface area contributed by atoms with Crippen LogP contribution in [0, 0.1) is 18.3 Å². The Morgan fingerprint density at radius 1 is 1.44 bits per heavy atom. The van der Waals surface area contributed by atoms with Gasteiger partial charge in [0.25, 0.3) is 0 Å². The average molecular weight is 221 g/mol. The molecule has 16 heavy (non-hydrogen) atoms. The Balaban J connectivity index is 2.62. The summed E-state index contributed by atoms with van der Waals surface area (Å²) in [6.45, 7) is 11.8. The van der Waals surface area contributed by atoms with Crippen LogP contribution in [-0.4, -0.2) is 11.5 Å². The normalized spacial score (nSPS) is 13.6. The van der Waals surface area contributed by atoms with Crippen molar-refractivity contribution >= 4 is 11.5 Å². The fourth-order valence-electron chi connectivity index (χ4n) is 1.30. The summed E-state index contributed by atoms with van der Waals surface area (Å²) in [5, 5.41) is 3.31. The number of rotatable bonds is 3. The van der Waals surface area contributed by atoms with Crippen LogP contribution >= 0.6 is 0 Å². The van der Waals surface area contributed by atoms with Crippen LogP contribution in [0.2, 0.25) is 0 Å². The van der Waals surface area contributed by atoms with Crippen molar-refractivity contribution in [3.63, 3.8) is 0 Å². The number of nitrogens with two attached hydrogens (primary N) is 1. The molecule has 1 unspecified atom stereocenters. The number of nitrogens with one attached hydrogen (secondary N) is 1. The number of nitrogens with zero attached hydrogens (tertiary/aromatic N) is 1. The molecule has 0 fully saturated rings. The van der Waals surface area contributed by atoms with E-state index in [9.17, 15) is 0 Å². The zero-order valence-electron chi connectivity index (χ0n) is 11.0. The number of aromatic nitrogens is 1. The summed E-state index contributed by atoms with van der Waals surface area (Å²) in [7, 11) is 0. The minimum Gasteiger partial charge on any atom is -0.396 e. The van der Waals surface area contributed by atoms with E-state index in [1.807, 2.05) is 19.2 Å². The van der Waals surface area contributed by atoms with Gasteiger partial charge in [-0.1, -0.05) is 27.7 Å². The Bertz CT molecular complexity index is 353. The second kappa shape index (κ2) is 4.73. The third-order valence-electron chi connectivity index (χ3n) is 3.11. The van der Waals surface area contributed by atoms with E-state index in [-0.39, 0.29) is 0 Å². The molecule has 1 rings (SSSR count). The first-order valence-electron chi connectivity index (χ1n) is 5.76. The molecule has 0 bridgehead atoms. The number of pyridine rings is 1. The molecule has 0 saturated heterocycles. The van der Waals surface area contributed by atoms with Crippen LogP contribution in [0.15, 0.2) is 12.3 Å². The monoisotopic (exact) mass is 221 g/mol. The first kappa shape index (κ1) is 12.8. The van der Waals surface area contributed by atoms with Gasteiger partial charge < -0.3 is 11.1 Å². The third kappa shape index (κ3) is 3.40. The molecule has 1 aromatic heterocycles. The van der Waals surface area contributed by atoms with Gasteiger partial charge in [-0.15, -0.1) is 0 Å². The van der Waals surface area contributed by atoms with Crippen molar-refractivity contribution in [2.45, 2.75) is 34.6 Å². The molecule has 1 aromatic rings. The molecule has 3 N–H and O–H groups in total. The van der Waals surface area contributed by atoms with E-state index in [2.05, 4.69) is 38.0 Å². The Kier molecular flexibility index (Phi) is 3.79. The Labute approximate surface area is 98.5 Å². The van der Waals surface area contributed by atoms with Crippen LogP contribution in [-0.2, 0) is 0 Å². The quantitative estimate of drug-likeness (QED) is 0.824. The van der Waals surface area contributed by atoms with E-state index < -0.39 is 0 Å². The molecule has 1 heterocycles. The summed E-state index contributed by atoms with van der Waals surface area (Å²) < 4.78 is 0. The van der Waals surface area contributed by atoms with Crippen molar-refractivity contribution in [1.82, 2.24) is 4.98 Å². The van der Waals surface area contributed by atoms with Gasteiger partial charge >= 0.3 is 0 Å². The molecule has 90 valence electrons. The minimum atomic E-state index is 0.298. The molecule has 0 aliphatic rings. The Morgan fingerprint density at radius 2 is 2.06 bits per heavy atom. The van der Waals surface area contributed by atoms with Gasteiger partial charge in [0.05, 0.1) is 5.69 Å². The summed E-state index contributed by atoms with van der Waals surface area (Å²) in [6, 6.07) is 1.94. The predicted octanol–water partition coefficient (Wildman–Crippen LogP) is 3.07. The standard InChI is InChI=1S/C13H23N3/c1-9-6-11(14)12(15-7-9)16-8-10(2)13(3,4)5/h6-7,10H,8,14H2,1-5H3,(H,15,16). The second-order valence-corrected chi connectivity index (χ2v) is 5.60. The topological polar surface area (TPSA) is 50.9 Å². The van der Waals surface area contributed by atoms with Crippen LogP contribution in [0.4, 0.5) is 11.5 Å². The van der Waals surface area contributed by atoms with Crippen molar-refractivity contribution in [3.8, 4) is 0 Å². The maximum atomic E-state index is 5.89. The number of nitrogen functional groups attached to an aromatic ring is 1. The number of hydrogen-bond donors (Lipinski definition) is 2. The maximum absolute atomic E-state index is 5.89. The Morgan fingerprint density at radius 3 is 2.56 bits per heavy atom. The fourth-order valence-corrected chi connectivity index (χ4v) is 1.30. The van der Waals surface area contributed by atoms with Gasteiger partial charge in [0.1, 0.15) is 5.82 Å². The van der Waals surface area contributed by atoms with Crippen molar-refractivity contribution in [2.24, 2.45) is 11.3 Å². The summed E-state index contributed by atoms with van der Waals surface area (Å²) in [5.41, 5.74) is 8.00. The molecule has 0 radical (unpaired) electrons. The highest BCUT2D eigenvalue weighted by molar-refractivity contribution is 5.61. The molecule has 0 saturated carbocycles. The smallest absolute Gasteiger partial charge is 0.149 e. The minimum absolute atomic E-state index is 0.298. The lowest BCUT2D eigenvalue weighted by molar-refractivity contribution is 0.274. The number of aryl methyl sites for hydroxylation is 1. The van der Waals surface area contributed by atoms with Crippen molar-refractivity contribution in [2.75, 3.05) is 17.6 Å².